The quantitative estimate of drug-likeness (QED) is 0.451. The molecule has 138 valence electrons. The maximum atomic E-state index is 12.7. The second kappa shape index (κ2) is 9.74. The van der Waals surface area contributed by atoms with Crippen LogP contribution in [-0.4, -0.2) is 19.7 Å². The third-order valence-electron chi connectivity index (χ3n) is 3.93. The summed E-state index contributed by atoms with van der Waals surface area (Å²) in [5, 5.41) is 0.558. The number of hydrogen-bond donors (Lipinski definition) is 0. The highest BCUT2D eigenvalue weighted by Gasteiger charge is 2.16. The average molecular weight is 388 g/mol. The van der Waals surface area contributed by atoms with Crippen molar-refractivity contribution in [2.45, 2.75) is 38.0 Å². The minimum atomic E-state index is -3.72. The van der Waals surface area contributed by atoms with Gasteiger partial charge in [-0.15, -0.1) is 11.8 Å². The van der Waals surface area contributed by atoms with Crippen molar-refractivity contribution in [2.75, 3.05) is 6.26 Å². The molecule has 0 heterocycles. The average Bonchev–Trinajstić information content (AvgIpc) is 2.64. The summed E-state index contributed by atoms with van der Waals surface area (Å²) in [7, 11) is -3.72. The fourth-order valence-electron chi connectivity index (χ4n) is 2.46. The molecule has 5 heteroatoms. The Labute approximate surface area is 161 Å². The monoisotopic (exact) mass is 387 g/mol. The maximum Gasteiger partial charge on any atom is 0.283 e. The molecule has 0 aliphatic carbocycles. The van der Waals surface area contributed by atoms with Gasteiger partial charge in [0.1, 0.15) is 5.04 Å². The molecule has 0 amide bonds. The lowest BCUT2D eigenvalue weighted by Gasteiger charge is -2.10. The number of sulfonamides is 1. The summed E-state index contributed by atoms with van der Waals surface area (Å²) in [6.07, 6.45) is 6.74. The Hall–Kier alpha value is -1.85. The van der Waals surface area contributed by atoms with E-state index in [4.69, 9.17) is 0 Å². The van der Waals surface area contributed by atoms with Crippen molar-refractivity contribution >= 4 is 32.9 Å². The van der Waals surface area contributed by atoms with E-state index in [9.17, 15) is 8.42 Å². The Morgan fingerprint density at radius 1 is 1.08 bits per heavy atom. The largest absolute Gasteiger partial charge is 0.283 e. The van der Waals surface area contributed by atoms with E-state index in [2.05, 4.69) is 11.3 Å². The molecule has 0 radical (unpaired) electrons. The van der Waals surface area contributed by atoms with E-state index < -0.39 is 10.0 Å². The van der Waals surface area contributed by atoms with Gasteiger partial charge in [-0.2, -0.15) is 12.8 Å². The first-order chi connectivity index (χ1) is 12.5. The fraction of sp³-hybridized carbons (Fsp3) is 0.286. The van der Waals surface area contributed by atoms with Gasteiger partial charge in [0.05, 0.1) is 4.90 Å². The van der Waals surface area contributed by atoms with Gasteiger partial charge in [0.2, 0.25) is 0 Å². The summed E-state index contributed by atoms with van der Waals surface area (Å²) in [6.45, 7) is 4.05. The highest BCUT2D eigenvalue weighted by molar-refractivity contribution is 8.14. The molecule has 26 heavy (non-hydrogen) atoms. The van der Waals surface area contributed by atoms with Gasteiger partial charge < -0.3 is 0 Å². The van der Waals surface area contributed by atoms with Gasteiger partial charge in [0.15, 0.2) is 0 Å². The number of unbranched alkanes of at least 4 members (excludes halogenated alkanes) is 1. The zero-order chi connectivity index (χ0) is 19.0. The molecule has 0 aliphatic heterocycles. The Balaban J connectivity index is 2.44. The van der Waals surface area contributed by atoms with E-state index >= 15 is 0 Å². The van der Waals surface area contributed by atoms with E-state index in [0.717, 1.165) is 36.0 Å². The summed E-state index contributed by atoms with van der Waals surface area (Å²) < 4.78 is 29.6. The van der Waals surface area contributed by atoms with Crippen LogP contribution >= 0.6 is 11.8 Å². The molecule has 0 spiro atoms. The molecule has 0 atom stereocenters. The van der Waals surface area contributed by atoms with Crippen LogP contribution in [0.15, 0.2) is 69.5 Å². The molecule has 0 N–H and O–H groups in total. The zero-order valence-corrected chi connectivity index (χ0v) is 17.1. The lowest BCUT2D eigenvalue weighted by molar-refractivity contribution is 0.598. The Kier molecular flexibility index (Phi) is 7.66. The predicted molar refractivity (Wildman–Crippen MR) is 113 cm³/mol. The SMILES string of the molecule is CCCCC(=C\c1ccccc1)/C(=N\S(=O)(=O)c1ccc(C)cc1)SC. The molecule has 2 aromatic carbocycles. The van der Waals surface area contributed by atoms with Crippen LogP contribution in [0.5, 0.6) is 0 Å². The zero-order valence-electron chi connectivity index (χ0n) is 15.5. The highest BCUT2D eigenvalue weighted by Crippen LogP contribution is 2.23. The van der Waals surface area contributed by atoms with Crippen molar-refractivity contribution in [3.05, 3.63) is 71.3 Å². The first kappa shape index (κ1) is 20.5. The van der Waals surface area contributed by atoms with E-state index in [1.54, 1.807) is 24.3 Å². The molecular formula is C21H25NO2S2. The second-order valence-electron chi connectivity index (χ2n) is 6.07. The summed E-state index contributed by atoms with van der Waals surface area (Å²) in [6, 6.07) is 16.7. The van der Waals surface area contributed by atoms with E-state index in [0.29, 0.717) is 5.04 Å². The second-order valence-corrected chi connectivity index (χ2v) is 8.47. The summed E-state index contributed by atoms with van der Waals surface area (Å²) in [4.78, 5) is 0.226. The van der Waals surface area contributed by atoms with Crippen molar-refractivity contribution < 1.29 is 8.42 Å². The van der Waals surface area contributed by atoms with Crippen LogP contribution in [-0.2, 0) is 10.0 Å². The minimum Gasteiger partial charge on any atom is -0.199 e. The summed E-state index contributed by atoms with van der Waals surface area (Å²) in [5.74, 6) is 0. The van der Waals surface area contributed by atoms with Crippen LogP contribution in [0.3, 0.4) is 0 Å². The molecule has 0 saturated heterocycles. The van der Waals surface area contributed by atoms with Crippen molar-refractivity contribution in [3.8, 4) is 0 Å². The van der Waals surface area contributed by atoms with E-state index in [-0.39, 0.29) is 4.90 Å². The number of nitrogens with zero attached hydrogens (tertiary/aromatic N) is 1. The van der Waals surface area contributed by atoms with Crippen LogP contribution in [0.4, 0.5) is 0 Å². The Morgan fingerprint density at radius 3 is 2.31 bits per heavy atom. The maximum absolute atomic E-state index is 12.7. The van der Waals surface area contributed by atoms with E-state index in [1.807, 2.05) is 49.6 Å². The number of benzene rings is 2. The van der Waals surface area contributed by atoms with Crippen molar-refractivity contribution in [2.24, 2.45) is 4.40 Å². The standard InChI is InChI=1S/C21H25NO2S2/c1-4-5-11-19(16-18-9-7-6-8-10-18)21(25-3)22-26(23,24)20-14-12-17(2)13-15-20/h6-10,12-16H,4-5,11H2,1-3H3/b19-16+,22-21+. The number of rotatable bonds is 7. The Bertz CT molecular complexity index is 868. The fourth-order valence-corrected chi connectivity index (χ4v) is 4.39. The summed E-state index contributed by atoms with van der Waals surface area (Å²) >= 11 is 1.37. The van der Waals surface area contributed by atoms with Crippen molar-refractivity contribution in [1.29, 1.82) is 0 Å². The molecule has 0 bridgehead atoms. The summed E-state index contributed by atoms with van der Waals surface area (Å²) in [5.41, 5.74) is 3.03. The Morgan fingerprint density at radius 2 is 1.73 bits per heavy atom. The molecule has 0 saturated carbocycles. The lowest BCUT2D eigenvalue weighted by atomic mass is 10.1. The first-order valence-electron chi connectivity index (χ1n) is 8.68. The molecule has 0 aromatic heterocycles. The van der Waals surface area contributed by atoms with Gasteiger partial charge in [-0.1, -0.05) is 61.4 Å². The molecule has 0 fully saturated rings. The molecule has 2 rings (SSSR count). The highest BCUT2D eigenvalue weighted by atomic mass is 32.2. The smallest absolute Gasteiger partial charge is 0.199 e. The van der Waals surface area contributed by atoms with Crippen molar-refractivity contribution in [1.82, 2.24) is 0 Å². The van der Waals surface area contributed by atoms with Crippen LogP contribution in [0.2, 0.25) is 0 Å². The van der Waals surface area contributed by atoms with Crippen molar-refractivity contribution in [3.63, 3.8) is 0 Å². The molecule has 0 aliphatic rings. The molecule has 3 nitrogen and oxygen atoms in total. The number of aryl methyl sites for hydroxylation is 1. The van der Waals surface area contributed by atoms with Gasteiger partial charge in [-0.05, 0) is 55.4 Å². The van der Waals surface area contributed by atoms with Crippen LogP contribution in [0, 0.1) is 6.92 Å². The van der Waals surface area contributed by atoms with Crippen LogP contribution in [0.25, 0.3) is 6.08 Å². The third kappa shape index (κ3) is 5.85. The predicted octanol–water partition coefficient (Wildman–Crippen LogP) is 5.72. The van der Waals surface area contributed by atoms with E-state index in [1.165, 1.54) is 11.8 Å². The topological polar surface area (TPSA) is 46.5 Å². The molecular weight excluding hydrogens is 362 g/mol. The third-order valence-corrected chi connectivity index (χ3v) is 6.08. The minimum absolute atomic E-state index is 0.226. The van der Waals surface area contributed by atoms with Gasteiger partial charge in [-0.3, -0.25) is 0 Å². The van der Waals surface area contributed by atoms with Crippen LogP contribution < -0.4 is 0 Å². The lowest BCUT2D eigenvalue weighted by Crippen LogP contribution is -2.05. The molecule has 2 aromatic rings. The van der Waals surface area contributed by atoms with Gasteiger partial charge >= 0.3 is 0 Å². The molecule has 0 unspecified atom stereocenters. The normalized spacial score (nSPS) is 13.0. The first-order valence-corrected chi connectivity index (χ1v) is 11.3. The van der Waals surface area contributed by atoms with Gasteiger partial charge in [-0.25, -0.2) is 0 Å². The van der Waals surface area contributed by atoms with Gasteiger partial charge in [0.25, 0.3) is 10.0 Å². The number of thioether (sulfide) groups is 1. The van der Waals surface area contributed by atoms with Crippen LogP contribution in [0.1, 0.15) is 37.3 Å². The van der Waals surface area contributed by atoms with Gasteiger partial charge in [0, 0.05) is 0 Å². The number of hydrogen-bond acceptors (Lipinski definition) is 3.